The van der Waals surface area contributed by atoms with Crippen molar-refractivity contribution < 1.29 is 52.2 Å². The lowest BCUT2D eigenvalue weighted by Gasteiger charge is -2.21. The average Bonchev–Trinajstić information content (AvgIpc) is 3.35. The number of esters is 3. The Kier molecular flexibility index (Phi) is 50.4. The highest BCUT2D eigenvalue weighted by Gasteiger charge is 2.28. The van der Waals surface area contributed by atoms with Crippen molar-refractivity contribution in [2.45, 2.75) is 264 Å². The Balaban J connectivity index is 4.74. The fourth-order valence-corrected chi connectivity index (χ4v) is 8.41. The second-order valence-corrected chi connectivity index (χ2v) is 20.2. The lowest BCUT2D eigenvalue weighted by molar-refractivity contribution is -0.161. The number of ether oxygens (including phenoxy) is 3. The topological polar surface area (TPSA) is 155 Å². The summed E-state index contributed by atoms with van der Waals surface area (Å²) in [7, 11) is -4.75. The first-order valence-electron chi connectivity index (χ1n) is 28.2. The molecule has 0 aliphatic heterocycles. The van der Waals surface area contributed by atoms with E-state index in [1.54, 1.807) is 0 Å². The number of allylic oxidation sites excluding steroid dienone is 10. The summed E-state index contributed by atoms with van der Waals surface area (Å²) >= 11 is 0. The van der Waals surface area contributed by atoms with Crippen LogP contribution in [0.5, 0.6) is 0 Å². The number of phosphoric ester groups is 1. The van der Waals surface area contributed by atoms with Gasteiger partial charge < -0.3 is 24.2 Å². The van der Waals surface area contributed by atoms with Crippen LogP contribution in [-0.4, -0.2) is 66.5 Å². The zero-order valence-corrected chi connectivity index (χ0v) is 45.6. The standard InChI is InChI=1S/C58H103O11P/c1-4-7-10-13-16-19-22-24-25-26-27-28-29-31-34-37-40-43-46-49-58(62)69-55(51-65-56(60)47-44-41-38-35-33-30-23-20-17-14-11-8-5-2)53-67-70(63,64)66-52-54(50-59)68-57(61)48-45-42-39-36-32-21-18-15-12-9-6-3/h7,10,15-16,18-19,24-25,27-28,54-55,59H,4-6,8-9,11-14,17,20-23,26,29-53H2,1-3H3,(H,63,64)/b10-7-,18-15-,19-16-,25-24-,28-27-. The van der Waals surface area contributed by atoms with Crippen LogP contribution in [-0.2, 0) is 42.2 Å². The third kappa shape index (κ3) is 50.1. The minimum Gasteiger partial charge on any atom is -0.462 e. The van der Waals surface area contributed by atoms with E-state index in [4.69, 9.17) is 23.3 Å². The Labute approximate surface area is 427 Å². The lowest BCUT2D eigenvalue weighted by atomic mass is 10.0. The fourth-order valence-electron chi connectivity index (χ4n) is 7.62. The molecule has 70 heavy (non-hydrogen) atoms. The van der Waals surface area contributed by atoms with Gasteiger partial charge in [-0.3, -0.25) is 23.4 Å². The van der Waals surface area contributed by atoms with Gasteiger partial charge in [-0.15, -0.1) is 0 Å². The zero-order valence-electron chi connectivity index (χ0n) is 44.7. The Morgan fingerprint density at radius 2 is 0.757 bits per heavy atom. The summed E-state index contributed by atoms with van der Waals surface area (Å²) in [5.74, 6) is -1.48. The Hall–Kier alpha value is -2.82. The summed E-state index contributed by atoms with van der Waals surface area (Å²) in [6, 6.07) is 0. The highest BCUT2D eigenvalue weighted by molar-refractivity contribution is 7.47. The summed E-state index contributed by atoms with van der Waals surface area (Å²) < 4.78 is 39.4. The molecule has 406 valence electrons. The summed E-state index contributed by atoms with van der Waals surface area (Å²) in [5.41, 5.74) is 0. The molecule has 0 aliphatic rings. The molecule has 0 aromatic carbocycles. The van der Waals surface area contributed by atoms with Crippen molar-refractivity contribution in [1.29, 1.82) is 0 Å². The van der Waals surface area contributed by atoms with E-state index in [0.29, 0.717) is 19.3 Å². The molecule has 0 saturated carbocycles. The first-order valence-corrected chi connectivity index (χ1v) is 29.7. The number of aliphatic hydroxyl groups is 1. The molecule has 2 N–H and O–H groups in total. The van der Waals surface area contributed by atoms with Crippen LogP contribution < -0.4 is 0 Å². The van der Waals surface area contributed by atoms with E-state index < -0.39 is 57.8 Å². The van der Waals surface area contributed by atoms with Crippen molar-refractivity contribution in [3.63, 3.8) is 0 Å². The molecule has 3 unspecified atom stereocenters. The van der Waals surface area contributed by atoms with Crippen LogP contribution in [0.4, 0.5) is 0 Å². The van der Waals surface area contributed by atoms with Crippen molar-refractivity contribution in [2.75, 3.05) is 26.4 Å². The molecule has 3 atom stereocenters. The van der Waals surface area contributed by atoms with Gasteiger partial charge in [0.25, 0.3) is 0 Å². The zero-order chi connectivity index (χ0) is 51.3. The average molecular weight is 1010 g/mol. The quantitative estimate of drug-likeness (QED) is 0.0197. The molecular weight excluding hydrogens is 904 g/mol. The minimum absolute atomic E-state index is 0.152. The molecule has 0 spiro atoms. The first kappa shape index (κ1) is 67.2. The number of carbonyl (C=O) groups is 3. The number of hydrogen-bond acceptors (Lipinski definition) is 10. The van der Waals surface area contributed by atoms with Crippen molar-refractivity contribution in [1.82, 2.24) is 0 Å². The lowest BCUT2D eigenvalue weighted by Crippen LogP contribution is -2.30. The van der Waals surface area contributed by atoms with E-state index in [-0.39, 0.29) is 25.9 Å². The van der Waals surface area contributed by atoms with E-state index in [1.165, 1.54) is 70.6 Å². The highest BCUT2D eigenvalue weighted by atomic mass is 31.2. The third-order valence-corrected chi connectivity index (χ3v) is 12.9. The molecule has 0 amide bonds. The van der Waals surface area contributed by atoms with Crippen LogP contribution in [0, 0.1) is 0 Å². The molecule has 0 radical (unpaired) electrons. The molecule has 0 aliphatic carbocycles. The molecule has 0 saturated heterocycles. The molecule has 0 aromatic rings. The smallest absolute Gasteiger partial charge is 0.462 e. The van der Waals surface area contributed by atoms with Crippen molar-refractivity contribution in [2.24, 2.45) is 0 Å². The maximum atomic E-state index is 12.9. The van der Waals surface area contributed by atoms with Gasteiger partial charge in [-0.05, 0) is 77.0 Å². The number of hydrogen-bond donors (Lipinski definition) is 2. The van der Waals surface area contributed by atoms with E-state index in [9.17, 15) is 28.9 Å². The van der Waals surface area contributed by atoms with Crippen LogP contribution in [0.3, 0.4) is 0 Å². The summed E-state index contributed by atoms with van der Waals surface area (Å²) in [4.78, 5) is 48.4. The fraction of sp³-hybridized carbons (Fsp3) is 0.776. The van der Waals surface area contributed by atoms with Crippen LogP contribution in [0.25, 0.3) is 0 Å². The van der Waals surface area contributed by atoms with Gasteiger partial charge in [0.1, 0.15) is 12.7 Å². The summed E-state index contributed by atoms with van der Waals surface area (Å²) in [5, 5.41) is 9.78. The predicted octanol–water partition coefficient (Wildman–Crippen LogP) is 16.4. The van der Waals surface area contributed by atoms with Crippen molar-refractivity contribution >= 4 is 25.7 Å². The number of aliphatic hydroxyl groups excluding tert-OH is 1. The number of carbonyl (C=O) groups excluding carboxylic acids is 3. The molecule has 0 aromatic heterocycles. The Morgan fingerprint density at radius 1 is 0.414 bits per heavy atom. The van der Waals surface area contributed by atoms with Gasteiger partial charge in [0, 0.05) is 19.3 Å². The molecule has 11 nitrogen and oxygen atoms in total. The Morgan fingerprint density at radius 3 is 1.20 bits per heavy atom. The maximum Gasteiger partial charge on any atom is 0.472 e. The van der Waals surface area contributed by atoms with E-state index in [0.717, 1.165) is 122 Å². The molecule has 0 fully saturated rings. The molecule has 0 heterocycles. The van der Waals surface area contributed by atoms with Crippen molar-refractivity contribution in [3.8, 4) is 0 Å². The molecule has 0 bridgehead atoms. The SMILES string of the molecule is CC/C=C\C/C=C\C/C=C\C/C=C\CCCCCCCCC(=O)OC(COC(=O)CCCCCCCCCCCCCCC)COP(=O)(O)OCC(CO)OC(=O)CCCCCCC/C=C\CCCC. The van der Waals surface area contributed by atoms with Gasteiger partial charge in [0.15, 0.2) is 6.10 Å². The van der Waals surface area contributed by atoms with Gasteiger partial charge in [-0.2, -0.15) is 0 Å². The van der Waals surface area contributed by atoms with Gasteiger partial charge >= 0.3 is 25.7 Å². The van der Waals surface area contributed by atoms with E-state index in [1.807, 2.05) is 0 Å². The number of unbranched alkanes of at least 4 members (excludes halogenated alkanes) is 25. The van der Waals surface area contributed by atoms with Crippen molar-refractivity contribution in [3.05, 3.63) is 60.8 Å². The Bertz CT molecular complexity index is 1410. The number of phosphoric acid groups is 1. The third-order valence-electron chi connectivity index (χ3n) is 11.9. The number of rotatable bonds is 52. The highest BCUT2D eigenvalue weighted by Crippen LogP contribution is 2.43. The molecule has 12 heteroatoms. The van der Waals surface area contributed by atoms with Crippen LogP contribution in [0.1, 0.15) is 252 Å². The van der Waals surface area contributed by atoms with Gasteiger partial charge in [-0.1, -0.05) is 216 Å². The van der Waals surface area contributed by atoms with Gasteiger partial charge in [0.05, 0.1) is 19.8 Å². The largest absolute Gasteiger partial charge is 0.472 e. The first-order chi connectivity index (χ1) is 34.2. The van der Waals surface area contributed by atoms with Crippen LogP contribution in [0.2, 0.25) is 0 Å². The maximum absolute atomic E-state index is 12.9. The normalized spacial score (nSPS) is 13.8. The summed E-state index contributed by atoms with van der Waals surface area (Å²) in [6.45, 7) is 4.48. The second kappa shape index (κ2) is 52.5. The van der Waals surface area contributed by atoms with Gasteiger partial charge in [-0.25, -0.2) is 4.57 Å². The van der Waals surface area contributed by atoms with Gasteiger partial charge in [0.2, 0.25) is 0 Å². The molecular formula is C58H103O11P. The predicted molar refractivity (Wildman–Crippen MR) is 288 cm³/mol. The second-order valence-electron chi connectivity index (χ2n) is 18.7. The minimum atomic E-state index is -4.75. The van der Waals surface area contributed by atoms with E-state index >= 15 is 0 Å². The summed E-state index contributed by atoms with van der Waals surface area (Å²) in [6.07, 6.45) is 56.1. The van der Waals surface area contributed by atoms with Crippen LogP contribution >= 0.6 is 7.82 Å². The monoisotopic (exact) mass is 1010 g/mol. The molecule has 0 rings (SSSR count). The van der Waals surface area contributed by atoms with Crippen LogP contribution in [0.15, 0.2) is 60.8 Å². The van der Waals surface area contributed by atoms with E-state index in [2.05, 4.69) is 81.5 Å².